The molecule has 3 aromatic heterocycles. The topological polar surface area (TPSA) is 88.5 Å². The largest absolute Gasteiger partial charge is 0.466 e. The predicted octanol–water partition coefficient (Wildman–Crippen LogP) is 1.96. The van der Waals surface area contributed by atoms with Gasteiger partial charge in [-0.2, -0.15) is 4.52 Å². The predicted molar refractivity (Wildman–Crippen MR) is 81.8 cm³/mol. The van der Waals surface area contributed by atoms with Crippen LogP contribution in [0.4, 0.5) is 5.82 Å². The average molecular weight is 301 g/mol. The number of nitrogens with one attached hydrogen (secondary N) is 1. The average Bonchev–Trinajstić information content (AvgIpc) is 3.00. The van der Waals surface area contributed by atoms with Gasteiger partial charge in [-0.15, -0.1) is 15.3 Å². The lowest BCUT2D eigenvalue weighted by Crippen LogP contribution is -2.31. The molecular formula is C15H19N5O2. The summed E-state index contributed by atoms with van der Waals surface area (Å²) in [7, 11) is 0. The van der Waals surface area contributed by atoms with E-state index in [1.54, 1.807) is 11.4 Å². The van der Waals surface area contributed by atoms with Gasteiger partial charge in [0.05, 0.1) is 0 Å². The fourth-order valence-corrected chi connectivity index (χ4v) is 2.51. The van der Waals surface area contributed by atoms with Crippen LogP contribution in [0.5, 0.6) is 0 Å². The van der Waals surface area contributed by atoms with Crippen LogP contribution in [0.25, 0.3) is 5.65 Å². The van der Waals surface area contributed by atoms with Gasteiger partial charge in [-0.25, -0.2) is 0 Å². The van der Waals surface area contributed by atoms with E-state index < -0.39 is 5.60 Å². The highest BCUT2D eigenvalue weighted by Crippen LogP contribution is 2.27. The van der Waals surface area contributed by atoms with Crippen molar-refractivity contribution in [2.75, 3.05) is 11.9 Å². The maximum Gasteiger partial charge on any atom is 0.178 e. The first-order valence-electron chi connectivity index (χ1n) is 7.10. The van der Waals surface area contributed by atoms with Gasteiger partial charge in [0.2, 0.25) is 0 Å². The maximum absolute atomic E-state index is 10.7. The fraction of sp³-hybridized carbons (Fsp3) is 0.400. The molecule has 0 saturated heterocycles. The molecule has 7 nitrogen and oxygen atoms in total. The minimum absolute atomic E-state index is 0.312. The lowest BCUT2D eigenvalue weighted by Gasteiger charge is -2.23. The molecule has 0 aliphatic carbocycles. The van der Waals surface area contributed by atoms with Gasteiger partial charge in [-0.3, -0.25) is 0 Å². The molecule has 0 aliphatic rings. The van der Waals surface area contributed by atoms with Crippen LogP contribution in [-0.4, -0.2) is 31.5 Å². The second-order valence-electron chi connectivity index (χ2n) is 5.69. The molecule has 0 aromatic carbocycles. The van der Waals surface area contributed by atoms with Crippen LogP contribution in [0, 0.1) is 20.8 Å². The molecule has 116 valence electrons. The number of fused-ring (bicyclic) bond motifs is 1. The Bertz CT molecular complexity index is 819. The summed E-state index contributed by atoms with van der Waals surface area (Å²) in [6.07, 6.45) is 0. The highest BCUT2D eigenvalue weighted by molar-refractivity contribution is 5.44. The van der Waals surface area contributed by atoms with E-state index in [1.165, 1.54) is 0 Å². The zero-order chi connectivity index (χ0) is 15.9. The van der Waals surface area contributed by atoms with Gasteiger partial charge in [-0.05, 0) is 45.9 Å². The molecule has 3 aromatic rings. The first-order valence-corrected chi connectivity index (χ1v) is 7.10. The first kappa shape index (κ1) is 14.5. The normalized spacial score (nSPS) is 14.2. The number of furan rings is 1. The van der Waals surface area contributed by atoms with Crippen LogP contribution < -0.4 is 5.32 Å². The number of rotatable bonds is 4. The van der Waals surface area contributed by atoms with Gasteiger partial charge in [0.15, 0.2) is 11.5 Å². The molecule has 0 saturated carbocycles. The van der Waals surface area contributed by atoms with Gasteiger partial charge >= 0.3 is 0 Å². The van der Waals surface area contributed by atoms with Gasteiger partial charge in [0.1, 0.15) is 22.9 Å². The Balaban J connectivity index is 1.80. The zero-order valence-corrected chi connectivity index (χ0v) is 13.1. The van der Waals surface area contributed by atoms with Gasteiger partial charge in [-0.1, -0.05) is 0 Å². The zero-order valence-electron chi connectivity index (χ0n) is 13.1. The highest BCUT2D eigenvalue weighted by atomic mass is 16.3. The molecule has 1 atom stereocenters. The molecule has 0 unspecified atom stereocenters. The molecule has 22 heavy (non-hydrogen) atoms. The third-order valence-corrected chi connectivity index (χ3v) is 3.65. The van der Waals surface area contributed by atoms with Crippen molar-refractivity contribution in [3.05, 3.63) is 41.1 Å². The molecular weight excluding hydrogens is 282 g/mol. The number of nitrogens with zero attached hydrogens (tertiary/aromatic N) is 4. The molecule has 0 radical (unpaired) electrons. The minimum Gasteiger partial charge on any atom is -0.466 e. The number of aliphatic hydroxyl groups is 1. The van der Waals surface area contributed by atoms with Crippen LogP contribution >= 0.6 is 0 Å². The van der Waals surface area contributed by atoms with Gasteiger partial charge in [0, 0.05) is 12.1 Å². The molecule has 7 heteroatoms. The summed E-state index contributed by atoms with van der Waals surface area (Å²) in [5, 5.41) is 26.2. The summed E-state index contributed by atoms with van der Waals surface area (Å²) >= 11 is 0. The summed E-state index contributed by atoms with van der Waals surface area (Å²) in [5.74, 6) is 2.87. The standard InChI is InChI=1S/C15H19N5O2/c1-9-7-12(10(2)22-9)15(4,21)8-16-13-5-6-14-18-17-11(3)20(14)19-13/h5-7,21H,8H2,1-4H3,(H,16,19)/t15-/m1/s1. The molecule has 0 fully saturated rings. The van der Waals surface area contributed by atoms with Crippen LogP contribution in [0.15, 0.2) is 22.6 Å². The third-order valence-electron chi connectivity index (χ3n) is 3.65. The van der Waals surface area contributed by atoms with Crippen molar-refractivity contribution >= 4 is 11.5 Å². The molecule has 0 bridgehead atoms. The second-order valence-corrected chi connectivity index (χ2v) is 5.69. The summed E-state index contributed by atoms with van der Waals surface area (Å²) in [6, 6.07) is 5.50. The SMILES string of the molecule is Cc1cc([C@](C)(O)CNc2ccc3nnc(C)n3n2)c(C)o1. The number of aromatic nitrogens is 4. The van der Waals surface area contributed by atoms with E-state index in [0.717, 1.165) is 17.1 Å². The summed E-state index contributed by atoms with van der Waals surface area (Å²) in [6.45, 7) is 7.61. The van der Waals surface area contributed by atoms with Crippen molar-refractivity contribution in [1.29, 1.82) is 0 Å². The molecule has 0 amide bonds. The summed E-state index contributed by atoms with van der Waals surface area (Å²) < 4.78 is 7.15. The lowest BCUT2D eigenvalue weighted by molar-refractivity contribution is 0.0698. The number of hydrogen-bond donors (Lipinski definition) is 2. The van der Waals surface area contributed by atoms with E-state index >= 15 is 0 Å². The van der Waals surface area contributed by atoms with E-state index in [-0.39, 0.29) is 0 Å². The minimum atomic E-state index is -1.05. The number of anilines is 1. The van der Waals surface area contributed by atoms with E-state index in [0.29, 0.717) is 23.8 Å². The Kier molecular flexibility index (Phi) is 3.37. The summed E-state index contributed by atoms with van der Waals surface area (Å²) in [4.78, 5) is 0. The van der Waals surface area contributed by atoms with Crippen LogP contribution in [0.2, 0.25) is 0 Å². The molecule has 3 heterocycles. The third kappa shape index (κ3) is 2.55. The highest BCUT2D eigenvalue weighted by Gasteiger charge is 2.27. The van der Waals surface area contributed by atoms with Crippen molar-refractivity contribution in [3.8, 4) is 0 Å². The molecule has 2 N–H and O–H groups in total. The Morgan fingerprint density at radius 1 is 1.27 bits per heavy atom. The molecule has 0 spiro atoms. The summed E-state index contributed by atoms with van der Waals surface area (Å²) in [5.41, 5.74) is 0.413. The quantitative estimate of drug-likeness (QED) is 0.766. The van der Waals surface area contributed by atoms with Crippen LogP contribution in [0.1, 0.15) is 29.8 Å². The van der Waals surface area contributed by atoms with E-state index in [2.05, 4.69) is 20.6 Å². The van der Waals surface area contributed by atoms with Crippen molar-refractivity contribution in [2.24, 2.45) is 0 Å². The Morgan fingerprint density at radius 2 is 2.05 bits per heavy atom. The molecule has 3 rings (SSSR count). The van der Waals surface area contributed by atoms with E-state index in [9.17, 15) is 5.11 Å². The lowest BCUT2D eigenvalue weighted by atomic mass is 9.96. The Hall–Kier alpha value is -2.41. The Labute approximate surface area is 128 Å². The van der Waals surface area contributed by atoms with Crippen molar-refractivity contribution in [2.45, 2.75) is 33.3 Å². The van der Waals surface area contributed by atoms with Crippen molar-refractivity contribution in [1.82, 2.24) is 19.8 Å². The van der Waals surface area contributed by atoms with E-state index in [1.807, 2.05) is 39.0 Å². The smallest absolute Gasteiger partial charge is 0.178 e. The van der Waals surface area contributed by atoms with Crippen LogP contribution in [-0.2, 0) is 5.60 Å². The van der Waals surface area contributed by atoms with E-state index in [4.69, 9.17) is 4.42 Å². The van der Waals surface area contributed by atoms with Gasteiger partial charge in [0.25, 0.3) is 0 Å². The monoisotopic (exact) mass is 301 g/mol. The Morgan fingerprint density at radius 3 is 2.73 bits per heavy atom. The number of aryl methyl sites for hydroxylation is 3. The van der Waals surface area contributed by atoms with Crippen molar-refractivity contribution in [3.63, 3.8) is 0 Å². The first-order chi connectivity index (χ1) is 10.4. The number of hydrogen-bond acceptors (Lipinski definition) is 6. The van der Waals surface area contributed by atoms with Crippen LogP contribution in [0.3, 0.4) is 0 Å². The fourth-order valence-electron chi connectivity index (χ4n) is 2.51. The van der Waals surface area contributed by atoms with Crippen molar-refractivity contribution < 1.29 is 9.52 Å². The van der Waals surface area contributed by atoms with Gasteiger partial charge < -0.3 is 14.8 Å². The maximum atomic E-state index is 10.7. The second kappa shape index (κ2) is 5.10. The molecule has 0 aliphatic heterocycles.